The van der Waals surface area contributed by atoms with Gasteiger partial charge >= 0.3 is 0 Å². The molecule has 2 aromatic rings. The van der Waals surface area contributed by atoms with Crippen molar-refractivity contribution in [2.24, 2.45) is 0 Å². The highest BCUT2D eigenvalue weighted by Crippen LogP contribution is 2.28. The Morgan fingerprint density at radius 2 is 1.68 bits per heavy atom. The summed E-state index contributed by atoms with van der Waals surface area (Å²) in [5, 5.41) is 0. The average Bonchev–Trinajstić information content (AvgIpc) is 2.74. The van der Waals surface area contributed by atoms with Crippen LogP contribution < -0.4 is 9.04 Å². The van der Waals surface area contributed by atoms with Crippen LogP contribution in [0.5, 0.6) is 5.75 Å². The van der Waals surface area contributed by atoms with Crippen molar-refractivity contribution in [1.29, 1.82) is 0 Å². The minimum atomic E-state index is -3.84. The fraction of sp³-hybridized carbons (Fsp3) is 0.435. The van der Waals surface area contributed by atoms with Gasteiger partial charge < -0.3 is 14.5 Å². The molecule has 168 valence electrons. The summed E-state index contributed by atoms with van der Waals surface area (Å²) in [6.07, 6.45) is 0.125. The summed E-state index contributed by atoms with van der Waals surface area (Å²) < 4.78 is 33.8. The lowest BCUT2D eigenvalue weighted by atomic mass is 10.2. The quantitative estimate of drug-likeness (QED) is 0.655. The first-order valence-corrected chi connectivity index (χ1v) is 11.9. The van der Waals surface area contributed by atoms with Crippen LogP contribution in [0.4, 0.5) is 5.69 Å². The summed E-state index contributed by atoms with van der Waals surface area (Å²) in [4.78, 5) is 17.0. The molecule has 2 aromatic carbocycles. The molecule has 0 saturated carbocycles. The number of piperazine rings is 1. The number of hydrogen-bond donors (Lipinski definition) is 0. The molecule has 0 aliphatic carbocycles. The maximum Gasteiger partial charge on any atom is 0.264 e. The molecule has 31 heavy (non-hydrogen) atoms. The molecule has 0 spiro atoms. The number of hydrogen-bond acceptors (Lipinski definition) is 5. The number of carbonyl (C=O) groups excluding carboxylic acids is 1. The summed E-state index contributed by atoms with van der Waals surface area (Å²) >= 11 is 0. The second kappa shape index (κ2) is 9.70. The molecule has 0 bridgehead atoms. The molecule has 0 N–H and O–H groups in total. The topological polar surface area (TPSA) is 70.2 Å². The van der Waals surface area contributed by atoms with E-state index in [0.717, 1.165) is 18.7 Å². The van der Waals surface area contributed by atoms with E-state index < -0.39 is 10.0 Å². The van der Waals surface area contributed by atoms with E-state index >= 15 is 0 Å². The fourth-order valence-electron chi connectivity index (χ4n) is 3.76. The number of sulfonamides is 1. The zero-order valence-electron chi connectivity index (χ0n) is 18.7. The first-order chi connectivity index (χ1) is 14.7. The highest BCUT2D eigenvalue weighted by atomic mass is 32.2. The van der Waals surface area contributed by atoms with Crippen LogP contribution in [0.1, 0.15) is 17.5 Å². The molecule has 1 saturated heterocycles. The van der Waals surface area contributed by atoms with E-state index in [1.54, 1.807) is 50.4 Å². The lowest BCUT2D eigenvalue weighted by Crippen LogP contribution is -2.48. The number of anilines is 1. The monoisotopic (exact) mass is 445 g/mol. The number of carbonyl (C=O) groups is 1. The molecule has 8 heteroatoms. The molecule has 1 fully saturated rings. The molecule has 0 unspecified atom stereocenters. The average molecular weight is 446 g/mol. The summed E-state index contributed by atoms with van der Waals surface area (Å²) in [5.41, 5.74) is 2.19. The molecule has 3 rings (SSSR count). The number of ether oxygens (including phenoxy) is 1. The summed E-state index contributed by atoms with van der Waals surface area (Å²) in [6, 6.07) is 12.2. The van der Waals surface area contributed by atoms with Crippen LogP contribution in [0, 0.1) is 13.8 Å². The van der Waals surface area contributed by atoms with E-state index in [1.807, 2.05) is 24.9 Å². The molecule has 0 atom stereocenters. The third kappa shape index (κ3) is 5.37. The van der Waals surface area contributed by atoms with Crippen LogP contribution in [0.3, 0.4) is 0 Å². The number of amides is 1. The summed E-state index contributed by atoms with van der Waals surface area (Å²) in [5.74, 6) is 0.614. The first-order valence-electron chi connectivity index (χ1n) is 10.4. The SMILES string of the molecule is COc1ccc(N(CCC(=O)N2CCN(C)CC2)S(=O)(=O)c2ccc(C)cc2C)cc1. The van der Waals surface area contributed by atoms with Gasteiger partial charge in [-0.3, -0.25) is 9.10 Å². The van der Waals surface area contributed by atoms with Crippen LogP contribution in [0.2, 0.25) is 0 Å². The van der Waals surface area contributed by atoms with Gasteiger partial charge in [-0.2, -0.15) is 0 Å². The Labute approximate surface area is 185 Å². The zero-order chi connectivity index (χ0) is 22.6. The van der Waals surface area contributed by atoms with Crippen molar-refractivity contribution in [3.05, 3.63) is 53.6 Å². The number of benzene rings is 2. The van der Waals surface area contributed by atoms with Gasteiger partial charge in [-0.05, 0) is 56.8 Å². The van der Waals surface area contributed by atoms with E-state index in [0.29, 0.717) is 30.1 Å². The second-order valence-corrected chi connectivity index (χ2v) is 9.81. The largest absolute Gasteiger partial charge is 0.497 e. The third-order valence-corrected chi connectivity index (χ3v) is 7.63. The Kier molecular flexibility index (Phi) is 7.23. The van der Waals surface area contributed by atoms with Gasteiger partial charge in [0, 0.05) is 39.1 Å². The lowest BCUT2D eigenvalue weighted by molar-refractivity contribution is -0.132. The van der Waals surface area contributed by atoms with Gasteiger partial charge in [-0.25, -0.2) is 8.42 Å². The molecule has 0 radical (unpaired) electrons. The highest BCUT2D eigenvalue weighted by molar-refractivity contribution is 7.92. The molecule has 1 aliphatic heterocycles. The predicted octanol–water partition coefficient (Wildman–Crippen LogP) is 2.67. The Morgan fingerprint density at radius 3 is 2.26 bits per heavy atom. The molecule has 7 nitrogen and oxygen atoms in total. The maximum absolute atomic E-state index is 13.6. The zero-order valence-corrected chi connectivity index (χ0v) is 19.5. The molecular formula is C23H31N3O4S. The number of rotatable bonds is 7. The van der Waals surface area contributed by atoms with Gasteiger partial charge in [0.2, 0.25) is 5.91 Å². The van der Waals surface area contributed by atoms with Gasteiger partial charge in [-0.1, -0.05) is 17.7 Å². The van der Waals surface area contributed by atoms with Crippen LogP contribution in [0.25, 0.3) is 0 Å². The van der Waals surface area contributed by atoms with Crippen molar-refractivity contribution in [3.8, 4) is 5.75 Å². The lowest BCUT2D eigenvalue weighted by Gasteiger charge is -2.33. The maximum atomic E-state index is 13.6. The second-order valence-electron chi connectivity index (χ2n) is 7.98. The minimum absolute atomic E-state index is 0.0255. The first kappa shape index (κ1) is 23.1. The van der Waals surface area contributed by atoms with Crippen LogP contribution in [0.15, 0.2) is 47.4 Å². The molecule has 1 heterocycles. The van der Waals surface area contributed by atoms with E-state index in [4.69, 9.17) is 4.74 Å². The van der Waals surface area contributed by atoms with Crippen LogP contribution >= 0.6 is 0 Å². The number of aryl methyl sites for hydroxylation is 2. The summed E-state index contributed by atoms with van der Waals surface area (Å²) in [6.45, 7) is 6.79. The highest BCUT2D eigenvalue weighted by Gasteiger charge is 2.28. The molecule has 1 aliphatic rings. The van der Waals surface area contributed by atoms with Crippen molar-refractivity contribution >= 4 is 21.6 Å². The van der Waals surface area contributed by atoms with Crippen molar-refractivity contribution < 1.29 is 17.9 Å². The van der Waals surface area contributed by atoms with Gasteiger partial charge in [0.1, 0.15) is 5.75 Å². The van der Waals surface area contributed by atoms with Crippen LogP contribution in [-0.4, -0.2) is 71.0 Å². The number of methoxy groups -OCH3 is 1. The van der Waals surface area contributed by atoms with Gasteiger partial charge in [0.05, 0.1) is 17.7 Å². The Hall–Kier alpha value is -2.58. The molecule has 1 amide bonds. The smallest absolute Gasteiger partial charge is 0.264 e. The molecular weight excluding hydrogens is 414 g/mol. The van der Waals surface area contributed by atoms with E-state index in [9.17, 15) is 13.2 Å². The number of likely N-dealkylation sites (N-methyl/N-ethyl adjacent to an activating group) is 1. The van der Waals surface area contributed by atoms with Gasteiger partial charge in [-0.15, -0.1) is 0 Å². The third-order valence-electron chi connectivity index (χ3n) is 5.64. The minimum Gasteiger partial charge on any atom is -0.497 e. The van der Waals surface area contributed by atoms with Crippen molar-refractivity contribution in [3.63, 3.8) is 0 Å². The standard InChI is InChI=1S/C23H31N3O4S/c1-18-5-10-22(19(2)17-18)31(28,29)26(20-6-8-21(30-4)9-7-20)12-11-23(27)25-15-13-24(3)14-16-25/h5-10,17H,11-16H2,1-4H3. The van der Waals surface area contributed by atoms with Crippen molar-refractivity contribution in [2.45, 2.75) is 25.2 Å². The van der Waals surface area contributed by atoms with Gasteiger partial charge in [0.25, 0.3) is 10.0 Å². The molecule has 0 aromatic heterocycles. The fourth-order valence-corrected chi connectivity index (χ4v) is 5.43. The Balaban J connectivity index is 1.88. The van der Waals surface area contributed by atoms with E-state index in [1.165, 1.54) is 4.31 Å². The summed E-state index contributed by atoms with van der Waals surface area (Å²) in [7, 11) is -0.248. The number of nitrogens with zero attached hydrogens (tertiary/aromatic N) is 3. The van der Waals surface area contributed by atoms with Crippen molar-refractivity contribution in [2.75, 3.05) is 51.2 Å². The van der Waals surface area contributed by atoms with Crippen molar-refractivity contribution in [1.82, 2.24) is 9.80 Å². The van der Waals surface area contributed by atoms with E-state index in [-0.39, 0.29) is 23.8 Å². The van der Waals surface area contributed by atoms with E-state index in [2.05, 4.69) is 4.90 Å². The predicted molar refractivity (Wildman–Crippen MR) is 122 cm³/mol. The Morgan fingerprint density at radius 1 is 1.03 bits per heavy atom. The van der Waals surface area contributed by atoms with Gasteiger partial charge in [0.15, 0.2) is 0 Å². The Bertz CT molecular complexity index is 1010. The van der Waals surface area contributed by atoms with Crippen LogP contribution in [-0.2, 0) is 14.8 Å². The normalized spacial score (nSPS) is 15.0.